The minimum atomic E-state index is -1.16. The second kappa shape index (κ2) is 11.9. The average molecular weight is 460 g/mol. The summed E-state index contributed by atoms with van der Waals surface area (Å²) in [7, 11) is 0. The van der Waals surface area contributed by atoms with E-state index in [1.807, 2.05) is 24.3 Å². The van der Waals surface area contributed by atoms with E-state index in [1.54, 1.807) is 6.20 Å². The number of aliphatic hydroxyl groups excluding tert-OH is 1. The number of hydrogen-bond acceptors (Lipinski definition) is 7. The fourth-order valence-electron chi connectivity index (χ4n) is 3.50. The molecule has 1 aromatic carbocycles. The Labute approximate surface area is 189 Å². The number of aliphatic carboxylic acids is 1. The number of Topliss-reactive ketones (excluding diaryl/α,β-unsaturated/α-hetero) is 2. The third-order valence-electron chi connectivity index (χ3n) is 5.30. The first-order valence-electron chi connectivity index (χ1n) is 10.4. The molecule has 33 heavy (non-hydrogen) atoms. The number of aromatic amines is 1. The maximum Gasteiger partial charge on any atom is 0.307 e. The molecule has 0 unspecified atom stereocenters. The number of carboxylic acid groups (broad SMARTS) is 1. The molecule has 1 aromatic heterocycles. The van der Waals surface area contributed by atoms with Crippen molar-refractivity contribution in [2.24, 2.45) is 23.3 Å². The fraction of sp³-hybridized carbons (Fsp3) is 0.409. The summed E-state index contributed by atoms with van der Waals surface area (Å²) in [6, 6.07) is 6.20. The number of carbonyl (C=O) groups excluding carboxylic acids is 4. The van der Waals surface area contributed by atoms with E-state index in [0.717, 1.165) is 16.5 Å². The summed E-state index contributed by atoms with van der Waals surface area (Å²) < 4.78 is 0. The summed E-state index contributed by atoms with van der Waals surface area (Å²) in [6.07, 6.45) is 0.601. The van der Waals surface area contributed by atoms with Gasteiger partial charge in [-0.2, -0.15) is 0 Å². The molecule has 178 valence electrons. The van der Waals surface area contributed by atoms with Crippen molar-refractivity contribution in [3.05, 3.63) is 36.0 Å². The fourth-order valence-corrected chi connectivity index (χ4v) is 3.50. The molecule has 0 fully saturated rings. The number of fused-ring (bicyclic) bond motifs is 1. The molecule has 2 rings (SSSR count). The molecule has 0 aliphatic carbocycles. The maximum absolute atomic E-state index is 12.6. The van der Waals surface area contributed by atoms with E-state index in [-0.39, 0.29) is 12.8 Å². The van der Waals surface area contributed by atoms with Crippen LogP contribution in [0.2, 0.25) is 0 Å². The van der Waals surface area contributed by atoms with Gasteiger partial charge in [-0.3, -0.25) is 24.0 Å². The van der Waals surface area contributed by atoms with Crippen LogP contribution in [0.1, 0.15) is 24.8 Å². The lowest BCUT2D eigenvalue weighted by Crippen LogP contribution is -2.44. The van der Waals surface area contributed by atoms with Crippen LogP contribution in [0.25, 0.3) is 10.9 Å². The van der Waals surface area contributed by atoms with Crippen molar-refractivity contribution < 1.29 is 34.2 Å². The number of carboxylic acids is 1. The number of aliphatic hydroxyl groups is 1. The lowest BCUT2D eigenvalue weighted by Gasteiger charge is -2.17. The number of amides is 2. The van der Waals surface area contributed by atoms with Crippen molar-refractivity contribution in [3.8, 4) is 0 Å². The first-order valence-corrected chi connectivity index (χ1v) is 10.4. The zero-order valence-electron chi connectivity index (χ0n) is 18.0. The second-order valence-corrected chi connectivity index (χ2v) is 7.89. The summed E-state index contributed by atoms with van der Waals surface area (Å²) in [5.74, 6) is -6.08. The van der Waals surface area contributed by atoms with E-state index in [2.05, 4.69) is 10.3 Å². The highest BCUT2D eigenvalue weighted by Gasteiger charge is 2.28. The number of rotatable bonds is 14. The number of ketones is 2. The molecule has 0 spiro atoms. The largest absolute Gasteiger partial charge is 0.481 e. The molecule has 0 saturated carbocycles. The second-order valence-electron chi connectivity index (χ2n) is 7.89. The van der Waals surface area contributed by atoms with E-state index in [4.69, 9.17) is 16.6 Å². The molecule has 0 bridgehead atoms. The van der Waals surface area contributed by atoms with Gasteiger partial charge in [-0.15, -0.1) is 0 Å². The van der Waals surface area contributed by atoms with E-state index in [9.17, 15) is 29.1 Å². The van der Waals surface area contributed by atoms with E-state index >= 15 is 0 Å². The molecule has 2 amide bonds. The highest BCUT2D eigenvalue weighted by atomic mass is 16.4. The molecule has 2 aromatic rings. The lowest BCUT2D eigenvalue weighted by atomic mass is 9.89. The molecule has 0 aliphatic rings. The van der Waals surface area contributed by atoms with Crippen LogP contribution in [0.15, 0.2) is 30.5 Å². The molecule has 11 heteroatoms. The number of nitrogens with one attached hydrogen (secondary N) is 2. The van der Waals surface area contributed by atoms with Gasteiger partial charge in [-0.05, 0) is 18.1 Å². The predicted molar refractivity (Wildman–Crippen MR) is 118 cm³/mol. The van der Waals surface area contributed by atoms with Crippen molar-refractivity contribution in [1.29, 1.82) is 0 Å². The quantitative estimate of drug-likeness (QED) is 0.211. The SMILES string of the molecule is NC(=O)C[C@H](CC(=O)C[C@@H](Cc1c[nH]c2ccccc12)C(=O)O)C(=O)NCC(=O)[C@@H](N)CO. The van der Waals surface area contributed by atoms with Gasteiger partial charge in [-0.25, -0.2) is 0 Å². The van der Waals surface area contributed by atoms with E-state index < -0.39 is 73.2 Å². The van der Waals surface area contributed by atoms with Gasteiger partial charge in [0.15, 0.2) is 5.78 Å². The number of H-pyrrole nitrogens is 1. The van der Waals surface area contributed by atoms with Gasteiger partial charge in [0.25, 0.3) is 0 Å². The molecule has 0 aliphatic heterocycles. The Hall–Kier alpha value is -3.57. The summed E-state index contributed by atoms with van der Waals surface area (Å²) in [4.78, 5) is 62.9. The summed E-state index contributed by atoms with van der Waals surface area (Å²) in [6.45, 7) is -1.08. The van der Waals surface area contributed by atoms with Crippen LogP contribution < -0.4 is 16.8 Å². The maximum atomic E-state index is 12.6. The Morgan fingerprint density at radius 1 is 1.03 bits per heavy atom. The zero-order chi connectivity index (χ0) is 24.5. The topological polar surface area (TPSA) is 206 Å². The number of para-hydroxylation sites is 1. The average Bonchev–Trinajstić information content (AvgIpc) is 3.18. The van der Waals surface area contributed by atoms with Gasteiger partial charge < -0.3 is 32.0 Å². The number of carbonyl (C=O) groups is 5. The van der Waals surface area contributed by atoms with Crippen LogP contribution in [0, 0.1) is 11.8 Å². The standard InChI is InChI=1S/C22H28N4O7/c23-17(11-27)19(29)10-26-21(31)12(8-20(24)30)6-15(28)7-13(22(32)33)5-14-9-25-18-4-2-1-3-16(14)18/h1-4,9,12-13,17,25,27H,5-8,10-11,23H2,(H2,24,30)(H,26,31)(H,32,33)/t12-,13+,17-/m0/s1. The van der Waals surface area contributed by atoms with E-state index in [0.29, 0.717) is 0 Å². The third-order valence-corrected chi connectivity index (χ3v) is 5.30. The molecule has 3 atom stereocenters. The van der Waals surface area contributed by atoms with Gasteiger partial charge in [-0.1, -0.05) is 18.2 Å². The Morgan fingerprint density at radius 3 is 2.33 bits per heavy atom. The normalized spacial score (nSPS) is 13.8. The number of aromatic nitrogens is 1. The number of hydrogen-bond donors (Lipinski definition) is 6. The first-order chi connectivity index (χ1) is 15.6. The predicted octanol–water partition coefficient (Wildman–Crippen LogP) is -0.743. The first kappa shape index (κ1) is 25.7. The van der Waals surface area contributed by atoms with Crippen LogP contribution in [-0.4, -0.2) is 63.7 Å². The summed E-state index contributed by atoms with van der Waals surface area (Å²) in [5, 5.41) is 21.6. The smallest absolute Gasteiger partial charge is 0.307 e. The Bertz CT molecular complexity index is 1030. The van der Waals surface area contributed by atoms with Crippen molar-refractivity contribution in [3.63, 3.8) is 0 Å². The third kappa shape index (κ3) is 7.51. The highest BCUT2D eigenvalue weighted by molar-refractivity contribution is 5.94. The Balaban J connectivity index is 2.03. The van der Waals surface area contributed by atoms with Gasteiger partial charge in [0.05, 0.1) is 31.0 Å². The molecule has 8 N–H and O–H groups in total. The van der Waals surface area contributed by atoms with Crippen molar-refractivity contribution in [1.82, 2.24) is 10.3 Å². The minimum absolute atomic E-state index is 0.102. The minimum Gasteiger partial charge on any atom is -0.481 e. The highest BCUT2D eigenvalue weighted by Crippen LogP contribution is 2.23. The van der Waals surface area contributed by atoms with Gasteiger partial charge in [0.1, 0.15) is 5.78 Å². The van der Waals surface area contributed by atoms with Gasteiger partial charge in [0.2, 0.25) is 11.8 Å². The Morgan fingerprint density at radius 2 is 1.70 bits per heavy atom. The van der Waals surface area contributed by atoms with Crippen molar-refractivity contribution in [2.45, 2.75) is 31.7 Å². The van der Waals surface area contributed by atoms with Crippen LogP contribution in [0.5, 0.6) is 0 Å². The van der Waals surface area contributed by atoms with Crippen LogP contribution in [0.4, 0.5) is 0 Å². The number of primary amides is 1. The molecular formula is C22H28N4O7. The molecule has 0 saturated heterocycles. The van der Waals surface area contributed by atoms with Crippen molar-refractivity contribution in [2.75, 3.05) is 13.2 Å². The van der Waals surface area contributed by atoms with Crippen LogP contribution in [0.3, 0.4) is 0 Å². The lowest BCUT2D eigenvalue weighted by molar-refractivity contribution is -0.144. The van der Waals surface area contributed by atoms with Crippen LogP contribution in [-0.2, 0) is 30.4 Å². The summed E-state index contributed by atoms with van der Waals surface area (Å²) in [5.41, 5.74) is 12.1. The number of nitrogens with two attached hydrogens (primary N) is 2. The Kier molecular flexibility index (Phi) is 9.25. The monoisotopic (exact) mass is 460 g/mol. The molecule has 0 radical (unpaired) electrons. The van der Waals surface area contributed by atoms with Crippen molar-refractivity contribution >= 4 is 40.3 Å². The van der Waals surface area contributed by atoms with Gasteiger partial charge >= 0.3 is 5.97 Å². The molecule has 1 heterocycles. The van der Waals surface area contributed by atoms with E-state index in [1.165, 1.54) is 0 Å². The van der Waals surface area contributed by atoms with Gasteiger partial charge in [0, 0.05) is 36.4 Å². The summed E-state index contributed by atoms with van der Waals surface area (Å²) >= 11 is 0. The molecule has 11 nitrogen and oxygen atoms in total. The number of benzene rings is 1. The molecular weight excluding hydrogens is 432 g/mol. The van der Waals surface area contributed by atoms with Crippen LogP contribution >= 0.6 is 0 Å². The zero-order valence-corrected chi connectivity index (χ0v) is 18.0.